The predicted octanol–water partition coefficient (Wildman–Crippen LogP) is 3.55. The van der Waals surface area contributed by atoms with E-state index in [-0.39, 0.29) is 0 Å². The minimum atomic E-state index is -0.867. The second-order valence-electron chi connectivity index (χ2n) is 5.05. The molecule has 3 nitrogen and oxygen atoms in total. The fourth-order valence-electron chi connectivity index (χ4n) is 2.32. The lowest BCUT2D eigenvalue weighted by atomic mass is 10.1. The Morgan fingerprint density at radius 3 is 2.50 bits per heavy atom. The van der Waals surface area contributed by atoms with Gasteiger partial charge in [0.1, 0.15) is 0 Å². The molecule has 2 aromatic rings. The first-order valence-corrected chi connectivity index (χ1v) is 6.67. The van der Waals surface area contributed by atoms with Crippen LogP contribution in [0.4, 0.5) is 0 Å². The average molecular weight is 269 g/mol. The fraction of sp³-hybridized carbons (Fsp3) is 0.235. The molecule has 0 saturated heterocycles. The third kappa shape index (κ3) is 3.38. The Hall–Kier alpha value is -2.29. The minimum Gasteiger partial charge on any atom is -0.478 e. The highest BCUT2D eigenvalue weighted by Crippen LogP contribution is 2.16. The summed E-state index contributed by atoms with van der Waals surface area (Å²) in [6.07, 6.45) is 3.38. The molecule has 3 heteroatoms. The van der Waals surface area contributed by atoms with Crippen molar-refractivity contribution in [3.63, 3.8) is 0 Å². The molecule has 0 aliphatic carbocycles. The molecule has 0 atom stereocenters. The molecule has 0 aliphatic rings. The molecule has 1 aromatic carbocycles. The number of carboxylic acids is 1. The van der Waals surface area contributed by atoms with Crippen LogP contribution in [0.15, 0.2) is 54.7 Å². The van der Waals surface area contributed by atoms with Gasteiger partial charge in [-0.1, -0.05) is 42.5 Å². The predicted molar refractivity (Wildman–Crippen MR) is 80.1 cm³/mol. The van der Waals surface area contributed by atoms with Crippen molar-refractivity contribution in [3.8, 4) is 0 Å². The summed E-state index contributed by atoms with van der Waals surface area (Å²) < 4.78 is 1.98. The highest BCUT2D eigenvalue weighted by Gasteiger charge is 2.14. The molecule has 2 rings (SSSR count). The topological polar surface area (TPSA) is 42.2 Å². The highest BCUT2D eigenvalue weighted by atomic mass is 16.4. The first-order valence-electron chi connectivity index (χ1n) is 6.67. The van der Waals surface area contributed by atoms with E-state index in [1.165, 1.54) is 5.56 Å². The van der Waals surface area contributed by atoms with Crippen LogP contribution in [0.2, 0.25) is 0 Å². The number of rotatable bonds is 6. The Kier molecular flexibility index (Phi) is 4.41. The number of carbonyl (C=O) groups is 1. The van der Waals surface area contributed by atoms with Gasteiger partial charge in [0, 0.05) is 18.4 Å². The number of aromatic nitrogens is 1. The standard InChI is InChI=1S/C17H19NO2/c1-13(2)12-18-11-10-15(17(19)20)16(18)9-8-14-6-4-3-5-7-14/h3-7,10-11H,1,8-9,12H2,2H3,(H,19,20). The van der Waals surface area contributed by atoms with Gasteiger partial charge < -0.3 is 9.67 Å². The van der Waals surface area contributed by atoms with Gasteiger partial charge in [0.05, 0.1) is 5.56 Å². The maximum absolute atomic E-state index is 11.3. The van der Waals surface area contributed by atoms with Crippen LogP contribution < -0.4 is 0 Å². The molecule has 0 radical (unpaired) electrons. The minimum absolute atomic E-state index is 0.391. The zero-order chi connectivity index (χ0) is 14.5. The van der Waals surface area contributed by atoms with E-state index >= 15 is 0 Å². The highest BCUT2D eigenvalue weighted by molar-refractivity contribution is 5.89. The Balaban J connectivity index is 2.21. The molecule has 1 aromatic heterocycles. The van der Waals surface area contributed by atoms with Crippen molar-refractivity contribution in [1.29, 1.82) is 0 Å². The first kappa shape index (κ1) is 14.1. The summed E-state index contributed by atoms with van der Waals surface area (Å²) in [5.74, 6) is -0.867. The van der Waals surface area contributed by atoms with Crippen LogP contribution in [0.3, 0.4) is 0 Å². The number of carboxylic acid groups (broad SMARTS) is 1. The van der Waals surface area contributed by atoms with Gasteiger partial charge in [-0.3, -0.25) is 0 Å². The van der Waals surface area contributed by atoms with E-state index < -0.39 is 5.97 Å². The Bertz CT molecular complexity index is 611. The number of benzene rings is 1. The molecule has 0 saturated carbocycles. The van der Waals surface area contributed by atoms with Crippen molar-refractivity contribution in [2.45, 2.75) is 26.3 Å². The van der Waals surface area contributed by atoms with E-state index in [9.17, 15) is 9.90 Å². The van der Waals surface area contributed by atoms with E-state index in [0.29, 0.717) is 18.5 Å². The van der Waals surface area contributed by atoms with Crippen molar-refractivity contribution in [2.75, 3.05) is 0 Å². The van der Waals surface area contributed by atoms with E-state index in [1.807, 2.05) is 35.9 Å². The molecule has 0 spiro atoms. The number of nitrogens with zero attached hydrogens (tertiary/aromatic N) is 1. The smallest absolute Gasteiger partial charge is 0.337 e. The Morgan fingerprint density at radius 1 is 1.20 bits per heavy atom. The molecular formula is C17H19NO2. The number of aryl methyl sites for hydroxylation is 1. The lowest BCUT2D eigenvalue weighted by Crippen LogP contribution is -2.09. The van der Waals surface area contributed by atoms with Gasteiger partial charge in [0.2, 0.25) is 0 Å². The van der Waals surface area contributed by atoms with Crippen molar-refractivity contribution in [1.82, 2.24) is 4.57 Å². The van der Waals surface area contributed by atoms with Gasteiger partial charge >= 0.3 is 5.97 Å². The van der Waals surface area contributed by atoms with Crippen LogP contribution >= 0.6 is 0 Å². The van der Waals surface area contributed by atoms with Crippen LogP contribution in [0.25, 0.3) is 0 Å². The van der Waals surface area contributed by atoms with Crippen LogP contribution in [0.1, 0.15) is 28.5 Å². The summed E-state index contributed by atoms with van der Waals surface area (Å²) in [4.78, 5) is 11.3. The summed E-state index contributed by atoms with van der Waals surface area (Å²) in [6.45, 7) is 6.51. The molecular weight excluding hydrogens is 250 g/mol. The van der Waals surface area contributed by atoms with Crippen LogP contribution in [-0.4, -0.2) is 15.6 Å². The van der Waals surface area contributed by atoms with Crippen LogP contribution in [0.5, 0.6) is 0 Å². The van der Waals surface area contributed by atoms with Gasteiger partial charge in [-0.25, -0.2) is 4.79 Å². The molecule has 0 amide bonds. The quantitative estimate of drug-likeness (QED) is 0.815. The molecule has 1 heterocycles. The summed E-state index contributed by atoms with van der Waals surface area (Å²) in [7, 11) is 0. The van der Waals surface area contributed by atoms with Crippen LogP contribution in [-0.2, 0) is 19.4 Å². The van der Waals surface area contributed by atoms with E-state index in [0.717, 1.165) is 17.7 Å². The maximum atomic E-state index is 11.3. The van der Waals surface area contributed by atoms with Gasteiger partial charge in [-0.05, 0) is 31.4 Å². The lowest BCUT2D eigenvalue weighted by molar-refractivity contribution is 0.0695. The van der Waals surface area contributed by atoms with Gasteiger partial charge in [0.25, 0.3) is 0 Å². The molecule has 0 aliphatic heterocycles. The zero-order valence-electron chi connectivity index (χ0n) is 11.7. The largest absolute Gasteiger partial charge is 0.478 e. The summed E-state index contributed by atoms with van der Waals surface area (Å²) >= 11 is 0. The van der Waals surface area contributed by atoms with Crippen molar-refractivity contribution < 1.29 is 9.90 Å². The van der Waals surface area contributed by atoms with Gasteiger partial charge in [0.15, 0.2) is 0 Å². The fourth-order valence-corrected chi connectivity index (χ4v) is 2.32. The maximum Gasteiger partial charge on any atom is 0.337 e. The first-order chi connectivity index (χ1) is 9.58. The number of allylic oxidation sites excluding steroid dienone is 1. The third-order valence-electron chi connectivity index (χ3n) is 3.24. The summed E-state index contributed by atoms with van der Waals surface area (Å²) in [5, 5.41) is 9.27. The second-order valence-corrected chi connectivity index (χ2v) is 5.05. The molecule has 0 fully saturated rings. The van der Waals surface area contributed by atoms with Crippen LogP contribution in [0, 0.1) is 0 Å². The summed E-state index contributed by atoms with van der Waals surface area (Å²) in [5.41, 5.74) is 3.48. The molecule has 1 N–H and O–H groups in total. The third-order valence-corrected chi connectivity index (χ3v) is 3.24. The molecule has 104 valence electrons. The molecule has 20 heavy (non-hydrogen) atoms. The SMILES string of the molecule is C=C(C)Cn1ccc(C(=O)O)c1CCc1ccccc1. The van der Waals surface area contributed by atoms with E-state index in [4.69, 9.17) is 0 Å². The number of aromatic carboxylic acids is 1. The van der Waals surface area contributed by atoms with Crippen molar-refractivity contribution in [3.05, 3.63) is 71.6 Å². The number of hydrogen-bond acceptors (Lipinski definition) is 1. The average Bonchev–Trinajstić information content (AvgIpc) is 2.80. The zero-order valence-corrected chi connectivity index (χ0v) is 11.7. The van der Waals surface area contributed by atoms with E-state index in [2.05, 4.69) is 18.7 Å². The Labute approximate surface area is 119 Å². The van der Waals surface area contributed by atoms with E-state index in [1.54, 1.807) is 6.07 Å². The van der Waals surface area contributed by atoms with Gasteiger partial charge in [-0.2, -0.15) is 0 Å². The van der Waals surface area contributed by atoms with Crippen molar-refractivity contribution >= 4 is 5.97 Å². The molecule has 0 unspecified atom stereocenters. The monoisotopic (exact) mass is 269 g/mol. The lowest BCUT2D eigenvalue weighted by Gasteiger charge is -2.10. The normalized spacial score (nSPS) is 10.4. The number of hydrogen-bond donors (Lipinski definition) is 1. The van der Waals surface area contributed by atoms with Crippen molar-refractivity contribution in [2.24, 2.45) is 0 Å². The molecule has 0 bridgehead atoms. The van der Waals surface area contributed by atoms with Gasteiger partial charge in [-0.15, -0.1) is 0 Å². The summed E-state index contributed by atoms with van der Waals surface area (Å²) in [6, 6.07) is 11.8. The second kappa shape index (κ2) is 6.24. The Morgan fingerprint density at radius 2 is 1.90 bits per heavy atom.